The standard InChI is InChI=1S/C15H20N4O2/c1-21-14-5-3-2-4-12(14)18-15(20)11-9-17-19-7-6-10(16)8-13(11)19/h6-9,12,14H,2-5,16H2,1H3,(H,18,20)/t12-,14-/m1/s1. The van der Waals surface area contributed by atoms with E-state index in [0.29, 0.717) is 11.3 Å². The van der Waals surface area contributed by atoms with Crippen molar-refractivity contribution in [2.75, 3.05) is 12.8 Å². The lowest BCUT2D eigenvalue weighted by atomic mass is 9.92. The number of amides is 1. The summed E-state index contributed by atoms with van der Waals surface area (Å²) in [6.07, 6.45) is 7.63. The van der Waals surface area contributed by atoms with Crippen molar-refractivity contribution in [3.63, 3.8) is 0 Å². The molecule has 0 aromatic carbocycles. The van der Waals surface area contributed by atoms with E-state index in [0.717, 1.165) is 31.2 Å². The van der Waals surface area contributed by atoms with Crippen LogP contribution in [-0.2, 0) is 4.74 Å². The topological polar surface area (TPSA) is 81.6 Å². The quantitative estimate of drug-likeness (QED) is 0.899. The molecule has 0 saturated heterocycles. The van der Waals surface area contributed by atoms with Crippen LogP contribution < -0.4 is 11.1 Å². The molecule has 2 atom stereocenters. The van der Waals surface area contributed by atoms with E-state index in [-0.39, 0.29) is 18.1 Å². The lowest BCUT2D eigenvalue weighted by Crippen LogP contribution is -2.45. The van der Waals surface area contributed by atoms with Crippen molar-refractivity contribution in [2.45, 2.75) is 37.8 Å². The Hall–Kier alpha value is -2.08. The van der Waals surface area contributed by atoms with Gasteiger partial charge in [0.25, 0.3) is 5.91 Å². The Morgan fingerprint density at radius 1 is 1.48 bits per heavy atom. The predicted octanol–water partition coefficient (Wildman–Crippen LogP) is 1.60. The molecule has 0 spiro atoms. The maximum absolute atomic E-state index is 12.5. The molecule has 0 unspecified atom stereocenters. The molecule has 112 valence electrons. The Balaban J connectivity index is 1.82. The summed E-state index contributed by atoms with van der Waals surface area (Å²) in [6, 6.07) is 3.58. The first-order valence-corrected chi connectivity index (χ1v) is 7.25. The minimum absolute atomic E-state index is 0.0623. The van der Waals surface area contributed by atoms with Gasteiger partial charge in [0.15, 0.2) is 0 Å². The predicted molar refractivity (Wildman–Crippen MR) is 80.1 cm³/mol. The third kappa shape index (κ3) is 2.71. The minimum atomic E-state index is -0.121. The van der Waals surface area contributed by atoms with Crippen LogP contribution in [0.5, 0.6) is 0 Å². The Bertz CT molecular complexity index is 652. The molecule has 0 bridgehead atoms. The summed E-state index contributed by atoms with van der Waals surface area (Å²) in [4.78, 5) is 12.5. The first-order chi connectivity index (χ1) is 10.2. The highest BCUT2D eigenvalue weighted by Gasteiger charge is 2.27. The number of aromatic nitrogens is 2. The van der Waals surface area contributed by atoms with Crippen molar-refractivity contribution < 1.29 is 9.53 Å². The van der Waals surface area contributed by atoms with Crippen LogP contribution in [0.4, 0.5) is 5.69 Å². The van der Waals surface area contributed by atoms with Crippen LogP contribution in [-0.4, -0.2) is 34.8 Å². The van der Waals surface area contributed by atoms with Crippen LogP contribution >= 0.6 is 0 Å². The highest BCUT2D eigenvalue weighted by Crippen LogP contribution is 2.22. The Morgan fingerprint density at radius 3 is 3.10 bits per heavy atom. The van der Waals surface area contributed by atoms with Crippen molar-refractivity contribution in [2.24, 2.45) is 0 Å². The number of nitrogens with one attached hydrogen (secondary N) is 1. The van der Waals surface area contributed by atoms with E-state index >= 15 is 0 Å². The van der Waals surface area contributed by atoms with Crippen molar-refractivity contribution in [3.8, 4) is 0 Å². The summed E-state index contributed by atoms with van der Waals surface area (Å²) in [5, 5.41) is 7.26. The molecule has 0 radical (unpaired) electrons. The molecule has 3 rings (SSSR count). The van der Waals surface area contributed by atoms with Gasteiger partial charge in [-0.3, -0.25) is 4.79 Å². The number of ether oxygens (including phenoxy) is 1. The fraction of sp³-hybridized carbons (Fsp3) is 0.467. The van der Waals surface area contributed by atoms with Gasteiger partial charge < -0.3 is 15.8 Å². The van der Waals surface area contributed by atoms with E-state index in [1.807, 2.05) is 0 Å². The summed E-state index contributed by atoms with van der Waals surface area (Å²) in [5.74, 6) is -0.121. The van der Waals surface area contributed by atoms with Gasteiger partial charge in [0.1, 0.15) is 0 Å². The number of carbonyl (C=O) groups is 1. The number of nitrogens with two attached hydrogens (primary N) is 1. The van der Waals surface area contributed by atoms with Gasteiger partial charge >= 0.3 is 0 Å². The number of carbonyl (C=O) groups excluding carboxylic acids is 1. The van der Waals surface area contributed by atoms with Gasteiger partial charge in [-0.05, 0) is 25.0 Å². The van der Waals surface area contributed by atoms with E-state index in [1.54, 1.807) is 36.2 Å². The van der Waals surface area contributed by atoms with Crippen molar-refractivity contribution in [1.29, 1.82) is 0 Å². The van der Waals surface area contributed by atoms with Gasteiger partial charge in [-0.25, -0.2) is 4.52 Å². The molecule has 1 aliphatic carbocycles. The van der Waals surface area contributed by atoms with Crippen LogP contribution in [0.15, 0.2) is 24.5 Å². The van der Waals surface area contributed by atoms with Gasteiger partial charge in [-0.1, -0.05) is 12.8 Å². The first kappa shape index (κ1) is 13.9. The molecule has 1 aliphatic rings. The maximum Gasteiger partial charge on any atom is 0.255 e. The normalized spacial score (nSPS) is 22.3. The van der Waals surface area contributed by atoms with Crippen LogP contribution in [0, 0.1) is 0 Å². The molecule has 1 amide bonds. The van der Waals surface area contributed by atoms with Crippen molar-refractivity contribution in [3.05, 3.63) is 30.1 Å². The average Bonchev–Trinajstić information content (AvgIpc) is 2.90. The molecule has 1 fully saturated rings. The zero-order valence-electron chi connectivity index (χ0n) is 12.1. The monoisotopic (exact) mass is 288 g/mol. The second-order valence-electron chi connectivity index (χ2n) is 5.49. The third-order valence-corrected chi connectivity index (χ3v) is 4.11. The summed E-state index contributed by atoms with van der Waals surface area (Å²) in [7, 11) is 1.70. The number of nitrogens with zero attached hydrogens (tertiary/aromatic N) is 2. The maximum atomic E-state index is 12.5. The first-order valence-electron chi connectivity index (χ1n) is 7.25. The number of nitrogen functional groups attached to an aromatic ring is 1. The summed E-state index contributed by atoms with van der Waals surface area (Å²) in [5.41, 5.74) is 7.67. The molecule has 6 nitrogen and oxygen atoms in total. The zero-order chi connectivity index (χ0) is 14.8. The van der Waals surface area contributed by atoms with Crippen LogP contribution in [0.3, 0.4) is 0 Å². The summed E-state index contributed by atoms with van der Waals surface area (Å²) >= 11 is 0. The van der Waals surface area contributed by atoms with Crippen LogP contribution in [0.1, 0.15) is 36.0 Å². The van der Waals surface area contributed by atoms with Gasteiger partial charge in [0.2, 0.25) is 0 Å². The number of anilines is 1. The van der Waals surface area contributed by atoms with Gasteiger partial charge in [0, 0.05) is 19.0 Å². The number of methoxy groups -OCH3 is 1. The molecule has 0 aliphatic heterocycles. The molecular formula is C15H20N4O2. The Morgan fingerprint density at radius 2 is 2.29 bits per heavy atom. The zero-order valence-corrected chi connectivity index (χ0v) is 12.1. The smallest absolute Gasteiger partial charge is 0.255 e. The largest absolute Gasteiger partial charge is 0.399 e. The lowest BCUT2D eigenvalue weighted by molar-refractivity contribution is 0.0393. The highest BCUT2D eigenvalue weighted by atomic mass is 16.5. The van der Waals surface area contributed by atoms with E-state index in [4.69, 9.17) is 10.5 Å². The second-order valence-corrected chi connectivity index (χ2v) is 5.49. The molecule has 6 heteroatoms. The average molecular weight is 288 g/mol. The van der Waals surface area contributed by atoms with Gasteiger partial charge in [-0.15, -0.1) is 0 Å². The molecule has 21 heavy (non-hydrogen) atoms. The number of hydrogen-bond acceptors (Lipinski definition) is 4. The van der Waals surface area contributed by atoms with Crippen LogP contribution in [0.2, 0.25) is 0 Å². The fourth-order valence-corrected chi connectivity index (χ4v) is 2.96. The Labute approximate surface area is 123 Å². The number of fused-ring (bicyclic) bond motifs is 1. The molecule has 2 heterocycles. The summed E-state index contributed by atoms with van der Waals surface area (Å²) in [6.45, 7) is 0. The molecule has 2 aromatic heterocycles. The molecule has 2 aromatic rings. The van der Waals surface area contributed by atoms with Gasteiger partial charge in [-0.2, -0.15) is 5.10 Å². The molecule has 1 saturated carbocycles. The number of pyridine rings is 1. The van der Waals surface area contributed by atoms with E-state index in [1.165, 1.54) is 0 Å². The second kappa shape index (κ2) is 5.73. The minimum Gasteiger partial charge on any atom is -0.399 e. The number of hydrogen-bond donors (Lipinski definition) is 2. The molecule has 3 N–H and O–H groups in total. The van der Waals surface area contributed by atoms with Crippen LogP contribution in [0.25, 0.3) is 5.52 Å². The van der Waals surface area contributed by atoms with E-state index in [2.05, 4.69) is 10.4 Å². The highest BCUT2D eigenvalue weighted by molar-refractivity contribution is 6.01. The van der Waals surface area contributed by atoms with E-state index in [9.17, 15) is 4.79 Å². The van der Waals surface area contributed by atoms with E-state index < -0.39 is 0 Å². The van der Waals surface area contributed by atoms with Gasteiger partial charge in [0.05, 0.1) is 29.4 Å². The number of rotatable bonds is 3. The fourth-order valence-electron chi connectivity index (χ4n) is 2.96. The van der Waals surface area contributed by atoms with Crippen molar-refractivity contribution >= 4 is 17.1 Å². The summed E-state index contributed by atoms with van der Waals surface area (Å²) < 4.78 is 7.13. The molecular weight excluding hydrogens is 268 g/mol. The Kier molecular flexibility index (Phi) is 3.79. The van der Waals surface area contributed by atoms with Crippen molar-refractivity contribution in [1.82, 2.24) is 14.9 Å². The SMILES string of the molecule is CO[C@@H]1CCCC[C@H]1NC(=O)c1cnn2ccc(N)cc12. The lowest BCUT2D eigenvalue weighted by Gasteiger charge is -2.30. The third-order valence-electron chi connectivity index (χ3n) is 4.11.